The summed E-state index contributed by atoms with van der Waals surface area (Å²) >= 11 is 5.80. The van der Waals surface area contributed by atoms with E-state index in [0.717, 1.165) is 5.56 Å². The first-order chi connectivity index (χ1) is 7.06. The van der Waals surface area contributed by atoms with Crippen molar-refractivity contribution in [3.8, 4) is 0 Å². The molecule has 0 saturated carbocycles. The van der Waals surface area contributed by atoms with E-state index in [0.29, 0.717) is 5.02 Å². The summed E-state index contributed by atoms with van der Waals surface area (Å²) in [6, 6.07) is 7.27. The maximum atomic E-state index is 9.48. The molecule has 84 valence electrons. The van der Waals surface area contributed by atoms with Crippen molar-refractivity contribution in [1.29, 1.82) is 0 Å². The first-order valence-corrected chi connectivity index (χ1v) is 5.42. The lowest BCUT2D eigenvalue weighted by Crippen LogP contribution is -2.40. The molecule has 0 aliphatic rings. The maximum Gasteiger partial charge on any atom is 0.0552 e. The topological polar surface area (TPSA) is 40.5 Å². The molecule has 1 aromatic carbocycles. The molecule has 0 spiro atoms. The monoisotopic (exact) mass is 228 g/mol. The van der Waals surface area contributed by atoms with E-state index in [4.69, 9.17) is 11.6 Å². The lowest BCUT2D eigenvalue weighted by atomic mass is 9.73. The molecule has 0 heterocycles. The van der Waals surface area contributed by atoms with Crippen molar-refractivity contribution in [3.63, 3.8) is 0 Å². The molecule has 0 atom stereocenters. The highest BCUT2D eigenvalue weighted by atomic mass is 35.5. The predicted molar refractivity (Wildman–Crippen MR) is 62.1 cm³/mol. The van der Waals surface area contributed by atoms with Gasteiger partial charge in [0.05, 0.1) is 13.2 Å². The highest BCUT2D eigenvalue weighted by molar-refractivity contribution is 6.30. The lowest BCUT2D eigenvalue weighted by molar-refractivity contribution is 0.0814. The maximum absolute atomic E-state index is 9.48. The van der Waals surface area contributed by atoms with Crippen LogP contribution in [0.3, 0.4) is 0 Å². The molecule has 3 heteroatoms. The second kappa shape index (κ2) is 4.97. The van der Waals surface area contributed by atoms with Gasteiger partial charge < -0.3 is 10.2 Å². The summed E-state index contributed by atoms with van der Waals surface area (Å²) in [5, 5.41) is 19.6. The molecule has 0 aromatic heterocycles. The van der Waals surface area contributed by atoms with Gasteiger partial charge in [-0.05, 0) is 23.6 Å². The third-order valence-corrected chi connectivity index (χ3v) is 3.34. The van der Waals surface area contributed by atoms with E-state index in [-0.39, 0.29) is 19.1 Å². The van der Waals surface area contributed by atoms with Gasteiger partial charge in [-0.25, -0.2) is 0 Å². The molecule has 1 aromatic rings. The summed E-state index contributed by atoms with van der Waals surface area (Å²) in [7, 11) is 0. The molecule has 15 heavy (non-hydrogen) atoms. The number of aliphatic hydroxyl groups is 2. The fraction of sp³-hybridized carbons (Fsp3) is 0.500. The van der Waals surface area contributed by atoms with Crippen LogP contribution in [0.4, 0.5) is 0 Å². The first-order valence-electron chi connectivity index (χ1n) is 5.04. The van der Waals surface area contributed by atoms with Crippen molar-refractivity contribution in [2.24, 2.45) is 5.92 Å². The average Bonchev–Trinajstić information content (AvgIpc) is 2.22. The zero-order chi connectivity index (χ0) is 11.5. The number of hydrogen-bond donors (Lipinski definition) is 2. The standard InChI is InChI=1S/C12H17ClO2/c1-9(2)12(7-14,8-15)10-3-5-11(13)6-4-10/h3-6,9,14-15H,7-8H2,1-2H3. The Labute approximate surface area is 95.5 Å². The smallest absolute Gasteiger partial charge is 0.0552 e. The summed E-state index contributed by atoms with van der Waals surface area (Å²) in [6.07, 6.45) is 0. The molecule has 0 radical (unpaired) electrons. The summed E-state index contributed by atoms with van der Waals surface area (Å²) in [5.74, 6) is 0.161. The molecule has 2 N–H and O–H groups in total. The molecule has 0 saturated heterocycles. The molecule has 2 nitrogen and oxygen atoms in total. The van der Waals surface area contributed by atoms with Gasteiger partial charge in [0.25, 0.3) is 0 Å². The van der Waals surface area contributed by atoms with Gasteiger partial charge in [0, 0.05) is 10.4 Å². The Morgan fingerprint density at radius 3 is 1.93 bits per heavy atom. The van der Waals surface area contributed by atoms with Gasteiger partial charge >= 0.3 is 0 Å². The van der Waals surface area contributed by atoms with Crippen molar-refractivity contribution in [1.82, 2.24) is 0 Å². The van der Waals surface area contributed by atoms with Gasteiger partial charge in [0.1, 0.15) is 0 Å². The second-order valence-corrected chi connectivity index (χ2v) is 4.57. The fourth-order valence-corrected chi connectivity index (χ4v) is 1.84. The van der Waals surface area contributed by atoms with Crippen LogP contribution in [0.5, 0.6) is 0 Å². The van der Waals surface area contributed by atoms with Gasteiger partial charge in [-0.2, -0.15) is 0 Å². The third kappa shape index (κ3) is 2.33. The number of benzene rings is 1. The molecule has 0 bridgehead atoms. The van der Waals surface area contributed by atoms with Crippen LogP contribution >= 0.6 is 11.6 Å². The van der Waals surface area contributed by atoms with E-state index < -0.39 is 5.41 Å². The van der Waals surface area contributed by atoms with Gasteiger partial charge in [-0.3, -0.25) is 0 Å². The Morgan fingerprint density at radius 2 is 1.60 bits per heavy atom. The SMILES string of the molecule is CC(C)C(CO)(CO)c1ccc(Cl)cc1. The Kier molecular flexibility index (Phi) is 4.14. The van der Waals surface area contributed by atoms with Crippen LogP contribution in [-0.2, 0) is 5.41 Å². The molecule has 0 aliphatic heterocycles. The first kappa shape index (κ1) is 12.5. The summed E-state index contributed by atoms with van der Waals surface area (Å²) in [4.78, 5) is 0. The molecular formula is C12H17ClO2. The van der Waals surface area contributed by atoms with Crippen LogP contribution in [0.25, 0.3) is 0 Å². The number of rotatable bonds is 4. The van der Waals surface area contributed by atoms with Crippen LogP contribution < -0.4 is 0 Å². The lowest BCUT2D eigenvalue weighted by Gasteiger charge is -2.34. The van der Waals surface area contributed by atoms with Crippen molar-refractivity contribution in [3.05, 3.63) is 34.9 Å². The zero-order valence-corrected chi connectivity index (χ0v) is 9.83. The van der Waals surface area contributed by atoms with Crippen LogP contribution in [0.15, 0.2) is 24.3 Å². The van der Waals surface area contributed by atoms with E-state index in [1.807, 2.05) is 26.0 Å². The molecule has 0 fully saturated rings. The summed E-state index contributed by atoms with van der Waals surface area (Å²) in [6.45, 7) is 3.84. The summed E-state index contributed by atoms with van der Waals surface area (Å²) < 4.78 is 0. The molecule has 1 rings (SSSR count). The minimum Gasteiger partial charge on any atom is -0.395 e. The van der Waals surface area contributed by atoms with E-state index >= 15 is 0 Å². The Balaban J connectivity index is 3.14. The van der Waals surface area contributed by atoms with Gasteiger partial charge in [0.15, 0.2) is 0 Å². The third-order valence-electron chi connectivity index (χ3n) is 3.09. The number of halogens is 1. The molecule has 0 aliphatic carbocycles. The fourth-order valence-electron chi connectivity index (χ4n) is 1.71. The molecular weight excluding hydrogens is 212 g/mol. The predicted octanol–water partition coefficient (Wildman–Crippen LogP) is 2.22. The minimum absolute atomic E-state index is 0.0667. The number of hydrogen-bond acceptors (Lipinski definition) is 2. The van der Waals surface area contributed by atoms with Crippen LogP contribution in [0.2, 0.25) is 5.02 Å². The minimum atomic E-state index is -0.579. The molecule has 0 amide bonds. The van der Waals surface area contributed by atoms with Crippen LogP contribution in [0, 0.1) is 5.92 Å². The Morgan fingerprint density at radius 1 is 1.13 bits per heavy atom. The van der Waals surface area contributed by atoms with Crippen molar-refractivity contribution in [2.75, 3.05) is 13.2 Å². The quantitative estimate of drug-likeness (QED) is 0.830. The van der Waals surface area contributed by atoms with Crippen molar-refractivity contribution in [2.45, 2.75) is 19.3 Å². The van der Waals surface area contributed by atoms with Gasteiger partial charge in [0.2, 0.25) is 0 Å². The Hall–Kier alpha value is -0.570. The highest BCUT2D eigenvalue weighted by Gasteiger charge is 2.34. The average molecular weight is 229 g/mol. The van der Waals surface area contributed by atoms with Crippen LogP contribution in [0.1, 0.15) is 19.4 Å². The van der Waals surface area contributed by atoms with Crippen molar-refractivity contribution < 1.29 is 10.2 Å². The van der Waals surface area contributed by atoms with Gasteiger partial charge in [-0.15, -0.1) is 0 Å². The largest absolute Gasteiger partial charge is 0.395 e. The van der Waals surface area contributed by atoms with E-state index in [1.54, 1.807) is 12.1 Å². The van der Waals surface area contributed by atoms with E-state index in [1.165, 1.54) is 0 Å². The second-order valence-electron chi connectivity index (χ2n) is 4.13. The van der Waals surface area contributed by atoms with Gasteiger partial charge in [-0.1, -0.05) is 37.6 Å². The van der Waals surface area contributed by atoms with Crippen LogP contribution in [-0.4, -0.2) is 23.4 Å². The number of aliphatic hydroxyl groups excluding tert-OH is 2. The highest BCUT2D eigenvalue weighted by Crippen LogP contribution is 2.32. The summed E-state index contributed by atoms with van der Waals surface area (Å²) in [5.41, 5.74) is 0.344. The Bertz CT molecular complexity index is 302. The van der Waals surface area contributed by atoms with E-state index in [9.17, 15) is 10.2 Å². The normalized spacial score (nSPS) is 12.1. The van der Waals surface area contributed by atoms with Crippen molar-refractivity contribution >= 4 is 11.6 Å². The van der Waals surface area contributed by atoms with E-state index in [2.05, 4.69) is 0 Å². The zero-order valence-electron chi connectivity index (χ0n) is 9.07. The molecule has 0 unspecified atom stereocenters.